The van der Waals surface area contributed by atoms with Gasteiger partial charge in [-0.3, -0.25) is 19.4 Å². The molecule has 1 aliphatic heterocycles. The summed E-state index contributed by atoms with van der Waals surface area (Å²) in [5.74, 6) is -0.491. The molecule has 1 heterocycles. The van der Waals surface area contributed by atoms with Gasteiger partial charge in [0.2, 0.25) is 11.8 Å². The van der Waals surface area contributed by atoms with Gasteiger partial charge in [-0.25, -0.2) is 4.39 Å². The average Bonchev–Trinajstić information content (AvgIpc) is 2.67. The lowest BCUT2D eigenvalue weighted by atomic mass is 10.2. The Kier molecular flexibility index (Phi) is 6.73. The monoisotopic (exact) mass is 384 g/mol. The van der Waals surface area contributed by atoms with Crippen LogP contribution < -0.4 is 10.6 Å². The summed E-state index contributed by atoms with van der Waals surface area (Å²) in [6.07, 6.45) is 0. The Morgan fingerprint density at radius 3 is 1.96 bits per heavy atom. The van der Waals surface area contributed by atoms with Crippen molar-refractivity contribution in [3.63, 3.8) is 0 Å². The molecule has 2 N–H and O–H groups in total. The molecule has 148 valence electrons. The van der Waals surface area contributed by atoms with Gasteiger partial charge in [0.25, 0.3) is 0 Å². The van der Waals surface area contributed by atoms with Crippen LogP contribution in [0.25, 0.3) is 0 Å². The molecular formula is C21H25FN4O2. The molecule has 1 saturated heterocycles. The molecule has 2 amide bonds. The molecule has 2 aromatic carbocycles. The van der Waals surface area contributed by atoms with Gasteiger partial charge in [-0.15, -0.1) is 0 Å². The Balaban J connectivity index is 1.39. The van der Waals surface area contributed by atoms with Gasteiger partial charge >= 0.3 is 0 Å². The Morgan fingerprint density at radius 1 is 0.857 bits per heavy atom. The van der Waals surface area contributed by atoms with Gasteiger partial charge < -0.3 is 10.6 Å². The van der Waals surface area contributed by atoms with E-state index in [1.165, 1.54) is 24.3 Å². The Hall–Kier alpha value is -2.77. The van der Waals surface area contributed by atoms with E-state index in [2.05, 4.69) is 20.4 Å². The lowest BCUT2D eigenvalue weighted by Crippen LogP contribution is -2.50. The number of piperazine rings is 1. The van der Waals surface area contributed by atoms with E-state index in [1.54, 1.807) is 0 Å². The number of carbonyl (C=O) groups is 2. The lowest BCUT2D eigenvalue weighted by molar-refractivity contribution is -0.120. The number of rotatable bonds is 6. The molecule has 0 unspecified atom stereocenters. The number of nitrogens with zero attached hydrogens (tertiary/aromatic N) is 2. The SMILES string of the molecule is Cc1ccccc1NC(=O)CN1CCN(CC(=O)Nc2ccc(F)cc2)CC1. The van der Waals surface area contributed by atoms with E-state index in [1.807, 2.05) is 31.2 Å². The molecule has 0 bridgehead atoms. The topological polar surface area (TPSA) is 64.7 Å². The molecule has 2 aromatic rings. The minimum absolute atomic E-state index is 0.0307. The zero-order valence-corrected chi connectivity index (χ0v) is 16.0. The van der Waals surface area contributed by atoms with Crippen LogP contribution >= 0.6 is 0 Å². The molecule has 3 rings (SSSR count). The second-order valence-corrected chi connectivity index (χ2v) is 6.97. The Bertz CT molecular complexity index is 817. The van der Waals surface area contributed by atoms with Crippen molar-refractivity contribution in [2.45, 2.75) is 6.92 Å². The van der Waals surface area contributed by atoms with Crippen molar-refractivity contribution in [3.05, 3.63) is 59.9 Å². The maximum absolute atomic E-state index is 12.9. The van der Waals surface area contributed by atoms with Crippen LogP contribution in [0.4, 0.5) is 15.8 Å². The highest BCUT2D eigenvalue weighted by Crippen LogP contribution is 2.13. The predicted octanol–water partition coefficient (Wildman–Crippen LogP) is 2.33. The van der Waals surface area contributed by atoms with Crippen LogP contribution in [-0.4, -0.2) is 60.9 Å². The molecule has 7 heteroatoms. The van der Waals surface area contributed by atoms with E-state index in [0.717, 1.165) is 24.3 Å². The first-order valence-corrected chi connectivity index (χ1v) is 9.35. The summed E-state index contributed by atoms with van der Waals surface area (Å²) in [6, 6.07) is 13.4. The van der Waals surface area contributed by atoms with E-state index in [-0.39, 0.29) is 24.2 Å². The molecule has 1 fully saturated rings. The van der Waals surface area contributed by atoms with Gasteiger partial charge in [0.1, 0.15) is 5.82 Å². The molecule has 28 heavy (non-hydrogen) atoms. The van der Waals surface area contributed by atoms with Crippen LogP contribution in [0.2, 0.25) is 0 Å². The van der Waals surface area contributed by atoms with E-state index in [0.29, 0.717) is 25.3 Å². The number of nitrogens with one attached hydrogen (secondary N) is 2. The quantitative estimate of drug-likeness (QED) is 0.802. The zero-order chi connectivity index (χ0) is 19.9. The number of anilines is 2. The van der Waals surface area contributed by atoms with Crippen molar-refractivity contribution in [3.8, 4) is 0 Å². The molecule has 0 radical (unpaired) electrons. The maximum Gasteiger partial charge on any atom is 0.238 e. The van der Waals surface area contributed by atoms with Crippen molar-refractivity contribution < 1.29 is 14.0 Å². The van der Waals surface area contributed by atoms with Gasteiger partial charge in [-0.05, 0) is 42.8 Å². The summed E-state index contributed by atoms with van der Waals surface area (Å²) in [5.41, 5.74) is 2.45. The summed E-state index contributed by atoms with van der Waals surface area (Å²) in [4.78, 5) is 28.5. The summed E-state index contributed by atoms with van der Waals surface area (Å²) >= 11 is 0. The summed E-state index contributed by atoms with van der Waals surface area (Å²) < 4.78 is 12.9. The third-order valence-electron chi connectivity index (χ3n) is 4.75. The van der Waals surface area contributed by atoms with Crippen LogP contribution in [-0.2, 0) is 9.59 Å². The Morgan fingerprint density at radius 2 is 1.39 bits per heavy atom. The van der Waals surface area contributed by atoms with Crippen molar-refractivity contribution in [2.24, 2.45) is 0 Å². The number of carbonyl (C=O) groups excluding carboxylic acids is 2. The van der Waals surface area contributed by atoms with Crippen LogP contribution in [0, 0.1) is 12.7 Å². The summed E-state index contributed by atoms with van der Waals surface area (Å²) in [7, 11) is 0. The zero-order valence-electron chi connectivity index (χ0n) is 16.0. The molecular weight excluding hydrogens is 359 g/mol. The van der Waals surface area contributed by atoms with Gasteiger partial charge in [-0.1, -0.05) is 18.2 Å². The highest BCUT2D eigenvalue weighted by Gasteiger charge is 2.20. The van der Waals surface area contributed by atoms with E-state index < -0.39 is 0 Å². The number of para-hydroxylation sites is 1. The van der Waals surface area contributed by atoms with Gasteiger partial charge in [0, 0.05) is 37.6 Å². The van der Waals surface area contributed by atoms with Crippen LogP contribution in [0.1, 0.15) is 5.56 Å². The summed E-state index contributed by atoms with van der Waals surface area (Å²) in [6.45, 7) is 5.47. The largest absolute Gasteiger partial charge is 0.325 e. The summed E-state index contributed by atoms with van der Waals surface area (Å²) in [5, 5.41) is 5.71. The maximum atomic E-state index is 12.9. The third-order valence-corrected chi connectivity index (χ3v) is 4.75. The standard InChI is InChI=1S/C21H25FN4O2/c1-16-4-2-3-5-19(16)24-21(28)15-26-12-10-25(11-13-26)14-20(27)23-18-8-6-17(22)7-9-18/h2-9H,10-15H2,1H3,(H,23,27)(H,24,28). The molecule has 0 aliphatic carbocycles. The molecule has 1 aliphatic rings. The van der Waals surface area contributed by atoms with Gasteiger partial charge in [0.15, 0.2) is 0 Å². The first-order valence-electron chi connectivity index (χ1n) is 9.35. The first kappa shape index (κ1) is 20.0. The van der Waals surface area contributed by atoms with E-state index in [4.69, 9.17) is 0 Å². The van der Waals surface area contributed by atoms with E-state index in [9.17, 15) is 14.0 Å². The van der Waals surface area contributed by atoms with Crippen molar-refractivity contribution in [1.29, 1.82) is 0 Å². The second-order valence-electron chi connectivity index (χ2n) is 6.97. The van der Waals surface area contributed by atoms with Gasteiger partial charge in [-0.2, -0.15) is 0 Å². The molecule has 0 aromatic heterocycles. The molecule has 0 spiro atoms. The number of amides is 2. The molecule has 0 atom stereocenters. The Labute approximate surface area is 164 Å². The molecule has 6 nitrogen and oxygen atoms in total. The average molecular weight is 384 g/mol. The lowest BCUT2D eigenvalue weighted by Gasteiger charge is -2.33. The van der Waals surface area contributed by atoms with E-state index >= 15 is 0 Å². The third kappa shape index (κ3) is 5.87. The number of hydrogen-bond acceptors (Lipinski definition) is 4. The predicted molar refractivity (Wildman–Crippen MR) is 108 cm³/mol. The van der Waals surface area contributed by atoms with Crippen molar-refractivity contribution in [2.75, 3.05) is 49.9 Å². The number of hydrogen-bond donors (Lipinski definition) is 2. The normalized spacial score (nSPS) is 15.2. The smallest absolute Gasteiger partial charge is 0.238 e. The van der Waals surface area contributed by atoms with Crippen molar-refractivity contribution >= 4 is 23.2 Å². The van der Waals surface area contributed by atoms with Crippen LogP contribution in [0.5, 0.6) is 0 Å². The van der Waals surface area contributed by atoms with Gasteiger partial charge in [0.05, 0.1) is 13.1 Å². The fraction of sp³-hybridized carbons (Fsp3) is 0.333. The van der Waals surface area contributed by atoms with Crippen LogP contribution in [0.3, 0.4) is 0 Å². The minimum Gasteiger partial charge on any atom is -0.325 e. The fourth-order valence-corrected chi connectivity index (χ4v) is 3.15. The second kappa shape index (κ2) is 9.43. The fourth-order valence-electron chi connectivity index (χ4n) is 3.15. The first-order chi connectivity index (χ1) is 13.5. The number of aryl methyl sites for hydroxylation is 1. The molecule has 0 saturated carbocycles. The number of halogens is 1. The minimum atomic E-state index is -0.333. The number of benzene rings is 2. The van der Waals surface area contributed by atoms with Crippen molar-refractivity contribution in [1.82, 2.24) is 9.80 Å². The highest BCUT2D eigenvalue weighted by atomic mass is 19.1. The van der Waals surface area contributed by atoms with Crippen LogP contribution in [0.15, 0.2) is 48.5 Å². The highest BCUT2D eigenvalue weighted by molar-refractivity contribution is 5.93.